The van der Waals surface area contributed by atoms with Crippen LogP contribution in [0.4, 0.5) is 13.2 Å². The average molecular weight is 693 g/mol. The maximum absolute atomic E-state index is 14.5. The quantitative estimate of drug-likeness (QED) is 0.148. The molecule has 1 aliphatic rings. The van der Waals surface area contributed by atoms with Gasteiger partial charge < -0.3 is 14.4 Å². The molecule has 51 heavy (non-hydrogen) atoms. The van der Waals surface area contributed by atoms with Gasteiger partial charge in [-0.2, -0.15) is 13.2 Å². The van der Waals surface area contributed by atoms with E-state index in [2.05, 4.69) is 27.0 Å². The molecule has 0 radical (unpaired) electrons. The number of carbonyl (C=O) groups excluding carboxylic acids is 2. The van der Waals surface area contributed by atoms with Gasteiger partial charge in [-0.05, 0) is 47.0 Å². The molecule has 1 fully saturated rings. The van der Waals surface area contributed by atoms with Crippen LogP contribution in [0.1, 0.15) is 27.9 Å². The number of piperazine rings is 1. The van der Waals surface area contributed by atoms with Crippen LogP contribution in [0.3, 0.4) is 0 Å². The molecular weight excluding hydrogens is 653 g/mol. The fourth-order valence-corrected chi connectivity index (χ4v) is 6.18. The summed E-state index contributed by atoms with van der Waals surface area (Å²) in [7, 11) is 1.85. The Morgan fingerprint density at radius 1 is 0.843 bits per heavy atom. The number of rotatable bonds is 11. The Balaban J connectivity index is 1.28. The standard InChI is InChI=1S/C40H39F3N6O2/c1-46-28-35(45-29-46)25-37(39(51)48-23-21-47(22-24-48)26-31-7-3-2-4-8-31)49(27-32-10-15-33(16-11-32)36-9-5-6-20-44-36)38(50)19-14-30-12-17-34(18-13-30)40(41,42)43/h2-20,28-29,37H,21-27H2,1H3/t37-/m0/s1. The number of imidazole rings is 1. The summed E-state index contributed by atoms with van der Waals surface area (Å²) in [6.07, 6.45) is 3.74. The number of aromatic nitrogens is 3. The molecule has 5 aromatic rings. The summed E-state index contributed by atoms with van der Waals surface area (Å²) in [6.45, 7) is 3.30. The Morgan fingerprint density at radius 3 is 2.18 bits per heavy atom. The molecule has 1 saturated heterocycles. The van der Waals surface area contributed by atoms with Gasteiger partial charge in [0.25, 0.3) is 0 Å². The molecule has 11 heteroatoms. The molecule has 0 saturated carbocycles. The smallest absolute Gasteiger partial charge is 0.340 e. The molecule has 3 aromatic carbocycles. The predicted molar refractivity (Wildman–Crippen MR) is 190 cm³/mol. The molecule has 0 aliphatic carbocycles. The lowest BCUT2D eigenvalue weighted by Crippen LogP contribution is -2.56. The second-order valence-corrected chi connectivity index (χ2v) is 12.7. The molecule has 6 rings (SSSR count). The zero-order valence-electron chi connectivity index (χ0n) is 28.3. The number of amides is 2. The first-order valence-corrected chi connectivity index (χ1v) is 16.8. The maximum Gasteiger partial charge on any atom is 0.416 e. The number of aryl methyl sites for hydroxylation is 1. The second-order valence-electron chi connectivity index (χ2n) is 12.7. The molecule has 0 unspecified atom stereocenters. The van der Waals surface area contributed by atoms with Gasteiger partial charge in [0.2, 0.25) is 11.8 Å². The Kier molecular flexibility index (Phi) is 11.1. The van der Waals surface area contributed by atoms with Crippen molar-refractivity contribution in [3.8, 4) is 11.3 Å². The third kappa shape index (κ3) is 9.37. The molecule has 3 heterocycles. The van der Waals surface area contributed by atoms with Crippen LogP contribution in [-0.2, 0) is 42.3 Å². The molecule has 1 atom stereocenters. The molecule has 262 valence electrons. The summed E-state index contributed by atoms with van der Waals surface area (Å²) < 4.78 is 41.3. The van der Waals surface area contributed by atoms with Crippen molar-refractivity contribution < 1.29 is 22.8 Å². The van der Waals surface area contributed by atoms with Crippen molar-refractivity contribution in [2.24, 2.45) is 7.05 Å². The molecule has 0 N–H and O–H groups in total. The van der Waals surface area contributed by atoms with Gasteiger partial charge in [0.1, 0.15) is 6.04 Å². The molecule has 1 aliphatic heterocycles. The fourth-order valence-electron chi connectivity index (χ4n) is 6.18. The van der Waals surface area contributed by atoms with E-state index in [0.717, 1.165) is 35.5 Å². The van der Waals surface area contributed by atoms with Crippen molar-refractivity contribution in [3.05, 3.63) is 150 Å². The average Bonchev–Trinajstić information content (AvgIpc) is 3.57. The van der Waals surface area contributed by atoms with Gasteiger partial charge >= 0.3 is 6.18 Å². The number of hydrogen-bond acceptors (Lipinski definition) is 5. The summed E-state index contributed by atoms with van der Waals surface area (Å²) in [6, 6.07) is 27.3. The molecule has 0 spiro atoms. The van der Waals surface area contributed by atoms with Crippen LogP contribution >= 0.6 is 0 Å². The molecule has 0 bridgehead atoms. The Morgan fingerprint density at radius 2 is 1.55 bits per heavy atom. The van der Waals surface area contributed by atoms with Crippen LogP contribution in [-0.4, -0.2) is 73.3 Å². The molecular formula is C40H39F3N6O2. The number of alkyl halides is 3. The minimum atomic E-state index is -4.47. The highest BCUT2D eigenvalue weighted by atomic mass is 19.4. The van der Waals surface area contributed by atoms with E-state index in [9.17, 15) is 22.8 Å². The van der Waals surface area contributed by atoms with E-state index in [1.807, 2.05) is 78.8 Å². The van der Waals surface area contributed by atoms with Gasteiger partial charge in [0.15, 0.2) is 0 Å². The van der Waals surface area contributed by atoms with Gasteiger partial charge in [-0.1, -0.05) is 72.8 Å². The summed E-state index contributed by atoms with van der Waals surface area (Å²) in [5.74, 6) is -0.623. The number of halogens is 3. The van der Waals surface area contributed by atoms with Crippen molar-refractivity contribution >= 4 is 17.9 Å². The van der Waals surface area contributed by atoms with E-state index >= 15 is 0 Å². The zero-order chi connectivity index (χ0) is 35.8. The van der Waals surface area contributed by atoms with Crippen LogP contribution < -0.4 is 0 Å². The lowest BCUT2D eigenvalue weighted by atomic mass is 10.0. The lowest BCUT2D eigenvalue weighted by Gasteiger charge is -2.39. The van der Waals surface area contributed by atoms with Gasteiger partial charge in [-0.3, -0.25) is 19.5 Å². The van der Waals surface area contributed by atoms with Crippen molar-refractivity contribution in [1.82, 2.24) is 29.2 Å². The van der Waals surface area contributed by atoms with Gasteiger partial charge in [0.05, 0.1) is 23.3 Å². The van der Waals surface area contributed by atoms with Crippen molar-refractivity contribution in [1.29, 1.82) is 0 Å². The molecule has 2 amide bonds. The van der Waals surface area contributed by atoms with Crippen molar-refractivity contribution in [2.75, 3.05) is 26.2 Å². The van der Waals surface area contributed by atoms with Crippen LogP contribution in [0.15, 0.2) is 122 Å². The first-order valence-electron chi connectivity index (χ1n) is 16.8. The minimum absolute atomic E-state index is 0.121. The number of benzene rings is 3. The van der Waals surface area contributed by atoms with Crippen LogP contribution in [0.5, 0.6) is 0 Å². The zero-order valence-corrected chi connectivity index (χ0v) is 28.3. The second kappa shape index (κ2) is 16.0. The lowest BCUT2D eigenvalue weighted by molar-refractivity contribution is -0.145. The van der Waals surface area contributed by atoms with Gasteiger partial charge in [-0.15, -0.1) is 0 Å². The first kappa shape index (κ1) is 35.3. The van der Waals surface area contributed by atoms with E-state index in [1.54, 1.807) is 22.0 Å². The van der Waals surface area contributed by atoms with E-state index in [4.69, 9.17) is 0 Å². The third-order valence-corrected chi connectivity index (χ3v) is 8.96. The minimum Gasteiger partial charge on any atom is -0.340 e. The third-order valence-electron chi connectivity index (χ3n) is 8.96. The largest absolute Gasteiger partial charge is 0.416 e. The first-order chi connectivity index (χ1) is 24.6. The van der Waals surface area contributed by atoms with Crippen molar-refractivity contribution in [3.63, 3.8) is 0 Å². The molecule has 2 aromatic heterocycles. The number of pyridine rings is 1. The highest BCUT2D eigenvalue weighted by Crippen LogP contribution is 2.29. The fraction of sp³-hybridized carbons (Fsp3) is 0.250. The van der Waals surface area contributed by atoms with Crippen molar-refractivity contribution in [2.45, 2.75) is 31.7 Å². The Labute approximate surface area is 295 Å². The summed E-state index contributed by atoms with van der Waals surface area (Å²) >= 11 is 0. The predicted octanol–water partition coefficient (Wildman–Crippen LogP) is 6.50. The van der Waals surface area contributed by atoms with Crippen LogP contribution in [0.25, 0.3) is 17.3 Å². The van der Waals surface area contributed by atoms with E-state index in [-0.39, 0.29) is 18.9 Å². The number of carbonyl (C=O) groups is 2. The highest BCUT2D eigenvalue weighted by molar-refractivity contribution is 5.95. The number of hydrogen-bond donors (Lipinski definition) is 0. The van der Waals surface area contributed by atoms with Gasteiger partial charge in [0, 0.05) is 76.8 Å². The monoisotopic (exact) mass is 692 g/mol. The normalized spacial score (nSPS) is 14.5. The Bertz CT molecular complexity index is 1920. The maximum atomic E-state index is 14.5. The number of nitrogens with zero attached hydrogens (tertiary/aromatic N) is 6. The molecule has 8 nitrogen and oxygen atoms in total. The highest BCUT2D eigenvalue weighted by Gasteiger charge is 2.35. The van der Waals surface area contributed by atoms with Gasteiger partial charge in [-0.25, -0.2) is 4.98 Å². The SMILES string of the molecule is Cn1cnc(C[C@@H](C(=O)N2CCN(Cc3ccccc3)CC2)N(Cc2ccc(-c3ccccn3)cc2)C(=O)C=Cc2ccc(C(F)(F)F)cc2)c1. The summed E-state index contributed by atoms with van der Waals surface area (Å²) in [5, 5.41) is 0. The summed E-state index contributed by atoms with van der Waals surface area (Å²) in [5.41, 5.74) is 4.05. The van der Waals surface area contributed by atoms with Crippen LogP contribution in [0.2, 0.25) is 0 Å². The Hall–Kier alpha value is -5.55. The van der Waals surface area contributed by atoms with E-state index < -0.39 is 23.7 Å². The van der Waals surface area contributed by atoms with E-state index in [1.165, 1.54) is 29.8 Å². The summed E-state index contributed by atoms with van der Waals surface area (Å²) in [4.78, 5) is 43.2. The topological polar surface area (TPSA) is 74.6 Å². The van der Waals surface area contributed by atoms with Crippen LogP contribution in [0, 0.1) is 0 Å². The van der Waals surface area contributed by atoms with E-state index in [0.29, 0.717) is 37.4 Å².